The Hall–Kier alpha value is -4.70. The number of hydrogen-bond acceptors (Lipinski definition) is 6. The fourth-order valence-corrected chi connectivity index (χ4v) is 6.00. The fraction of sp³-hybridized carbons (Fsp3) is 0.306. The number of benzene rings is 3. The molecular weight excluding hydrogens is 595 g/mol. The van der Waals surface area contributed by atoms with Crippen LogP contribution in [-0.2, 0) is 29.0 Å². The van der Waals surface area contributed by atoms with Crippen molar-refractivity contribution in [1.82, 2.24) is 14.5 Å². The zero-order chi connectivity index (χ0) is 31.8. The van der Waals surface area contributed by atoms with Crippen LogP contribution < -0.4 is 4.74 Å². The lowest BCUT2D eigenvalue weighted by atomic mass is 9.76. The van der Waals surface area contributed by atoms with Gasteiger partial charge in [0.1, 0.15) is 18.2 Å². The van der Waals surface area contributed by atoms with Gasteiger partial charge in [0.05, 0.1) is 42.0 Å². The van der Waals surface area contributed by atoms with E-state index in [-0.39, 0.29) is 31.5 Å². The average molecular weight is 628 g/mol. The highest BCUT2D eigenvalue weighted by molar-refractivity contribution is 5.93. The molecule has 7 rings (SSSR count). The molecule has 1 saturated carbocycles. The van der Waals surface area contributed by atoms with E-state index in [2.05, 4.69) is 9.55 Å². The van der Waals surface area contributed by atoms with E-state index < -0.39 is 17.7 Å². The second kappa shape index (κ2) is 12.2. The van der Waals surface area contributed by atoms with E-state index in [1.807, 2.05) is 48.5 Å². The molecule has 3 aromatic carbocycles. The quantitative estimate of drug-likeness (QED) is 0.149. The molecule has 5 aromatic rings. The number of pyridine rings is 1. The Balaban J connectivity index is 1.04. The summed E-state index contributed by atoms with van der Waals surface area (Å²) in [4.78, 5) is 21.7. The van der Waals surface area contributed by atoms with Gasteiger partial charge in [-0.15, -0.1) is 0 Å². The van der Waals surface area contributed by atoms with Crippen molar-refractivity contribution in [1.29, 1.82) is 0 Å². The van der Waals surface area contributed by atoms with Crippen LogP contribution in [0.2, 0.25) is 0 Å². The Kier molecular flexibility index (Phi) is 7.98. The smallest absolute Gasteiger partial charge is 0.337 e. The van der Waals surface area contributed by atoms with Crippen molar-refractivity contribution < 1.29 is 32.2 Å². The number of esters is 1. The molecule has 46 heavy (non-hydrogen) atoms. The van der Waals surface area contributed by atoms with E-state index in [1.165, 1.54) is 13.2 Å². The summed E-state index contributed by atoms with van der Waals surface area (Å²) >= 11 is 0. The minimum absolute atomic E-state index is 0.0314. The summed E-state index contributed by atoms with van der Waals surface area (Å²) < 4.78 is 59.7. The van der Waals surface area contributed by atoms with Crippen LogP contribution in [0.3, 0.4) is 0 Å². The molecule has 0 radical (unpaired) electrons. The third-order valence-corrected chi connectivity index (χ3v) is 8.78. The van der Waals surface area contributed by atoms with E-state index in [9.17, 15) is 18.0 Å². The normalized spacial score (nSPS) is 17.3. The van der Waals surface area contributed by atoms with Gasteiger partial charge in [-0.25, -0.2) is 27.9 Å². The van der Waals surface area contributed by atoms with E-state index in [4.69, 9.17) is 19.2 Å². The predicted octanol–water partition coefficient (Wildman–Crippen LogP) is 7.50. The Bertz CT molecular complexity index is 1900. The summed E-state index contributed by atoms with van der Waals surface area (Å²) in [6.45, 7) is 1.37. The third kappa shape index (κ3) is 6.22. The fourth-order valence-electron chi connectivity index (χ4n) is 6.00. The van der Waals surface area contributed by atoms with Crippen molar-refractivity contribution in [3.63, 3.8) is 0 Å². The van der Waals surface area contributed by atoms with Crippen LogP contribution in [0.4, 0.5) is 13.2 Å². The van der Waals surface area contributed by atoms with Crippen molar-refractivity contribution in [2.45, 2.75) is 56.8 Å². The first kappa shape index (κ1) is 30.0. The maximum absolute atomic E-state index is 14.7. The van der Waals surface area contributed by atoms with Crippen LogP contribution in [0, 0.1) is 5.82 Å². The van der Waals surface area contributed by atoms with E-state index in [0.29, 0.717) is 41.2 Å². The molecule has 1 atom stereocenters. The van der Waals surface area contributed by atoms with Gasteiger partial charge in [-0.1, -0.05) is 42.5 Å². The highest BCUT2D eigenvalue weighted by atomic mass is 19.3. The van der Waals surface area contributed by atoms with Gasteiger partial charge in [-0.3, -0.25) is 0 Å². The highest BCUT2D eigenvalue weighted by Gasteiger charge is 2.45. The predicted molar refractivity (Wildman–Crippen MR) is 166 cm³/mol. The van der Waals surface area contributed by atoms with Gasteiger partial charge in [0.15, 0.2) is 0 Å². The molecule has 0 N–H and O–H groups in total. The van der Waals surface area contributed by atoms with Gasteiger partial charge in [-0.2, -0.15) is 0 Å². The number of nitrogens with zero attached hydrogens (tertiary/aromatic N) is 3. The summed E-state index contributed by atoms with van der Waals surface area (Å²) in [5.74, 6) is -2.61. The first-order valence-corrected chi connectivity index (χ1v) is 15.3. The van der Waals surface area contributed by atoms with Gasteiger partial charge in [-0.05, 0) is 53.8 Å². The lowest BCUT2D eigenvalue weighted by molar-refractivity contribution is -0.0868. The summed E-state index contributed by atoms with van der Waals surface area (Å²) in [5.41, 5.74) is 5.72. The molecule has 236 valence electrons. The lowest BCUT2D eigenvalue weighted by Gasteiger charge is -2.35. The standard InChI is InChI=1S/C36H32F3N3O4/c1-44-35(43)25-11-12-31-32(17-25)42(20-28-13-14-45-28)33(40-31)15-22-5-7-23(8-6-22)30-3-2-4-34(41-30)46-21-26-10-9-24(16-29(26)37)27-18-36(38,39)19-27/h2-12,16-17,27-28H,13-15,18-21H2,1H3/t28-/m0/s1. The summed E-state index contributed by atoms with van der Waals surface area (Å²) in [7, 11) is 1.37. The monoisotopic (exact) mass is 627 g/mol. The minimum atomic E-state index is -2.65. The number of alkyl halides is 2. The van der Waals surface area contributed by atoms with Crippen molar-refractivity contribution in [3.8, 4) is 17.1 Å². The number of carbonyl (C=O) groups excluding carboxylic acids is 1. The van der Waals surface area contributed by atoms with Gasteiger partial charge >= 0.3 is 5.97 Å². The molecule has 2 aromatic heterocycles. The first-order chi connectivity index (χ1) is 22.2. The summed E-state index contributed by atoms with van der Waals surface area (Å²) in [6.07, 6.45) is 1.19. The number of hydrogen-bond donors (Lipinski definition) is 0. The maximum atomic E-state index is 14.7. The van der Waals surface area contributed by atoms with Crippen LogP contribution in [-0.4, -0.2) is 46.2 Å². The number of rotatable bonds is 10. The van der Waals surface area contributed by atoms with Crippen molar-refractivity contribution in [3.05, 3.63) is 113 Å². The molecule has 2 aliphatic rings. The number of imidazole rings is 1. The Morgan fingerprint density at radius 3 is 2.52 bits per heavy atom. The zero-order valence-electron chi connectivity index (χ0n) is 25.2. The van der Waals surface area contributed by atoms with E-state index >= 15 is 0 Å². The van der Waals surface area contributed by atoms with Crippen LogP contribution >= 0.6 is 0 Å². The van der Waals surface area contributed by atoms with E-state index in [0.717, 1.165) is 41.0 Å². The highest BCUT2D eigenvalue weighted by Crippen LogP contribution is 2.48. The molecule has 0 amide bonds. The SMILES string of the molecule is COC(=O)c1ccc2nc(Cc3ccc(-c4cccc(OCc5ccc(C6CC(F)(F)C6)cc5F)n4)cc3)n(C[C@@H]3CCO3)c2c1. The maximum Gasteiger partial charge on any atom is 0.337 e. The average Bonchev–Trinajstić information content (AvgIpc) is 3.36. The van der Waals surface area contributed by atoms with Gasteiger partial charge in [0.2, 0.25) is 11.8 Å². The van der Waals surface area contributed by atoms with Crippen LogP contribution in [0.1, 0.15) is 58.1 Å². The Labute approximate surface area is 264 Å². The van der Waals surface area contributed by atoms with Gasteiger partial charge in [0.25, 0.3) is 0 Å². The molecule has 7 nitrogen and oxygen atoms in total. The van der Waals surface area contributed by atoms with Crippen LogP contribution in [0.15, 0.2) is 78.9 Å². The van der Waals surface area contributed by atoms with Gasteiger partial charge < -0.3 is 18.8 Å². The third-order valence-electron chi connectivity index (χ3n) is 8.78. The lowest BCUT2D eigenvalue weighted by Crippen LogP contribution is -2.33. The first-order valence-electron chi connectivity index (χ1n) is 15.3. The number of ether oxygens (including phenoxy) is 3. The molecule has 1 aliphatic heterocycles. The second-order valence-corrected chi connectivity index (χ2v) is 12.0. The number of aromatic nitrogens is 3. The molecule has 3 heterocycles. The Morgan fingerprint density at radius 2 is 1.83 bits per heavy atom. The molecular formula is C36H32F3N3O4. The minimum Gasteiger partial charge on any atom is -0.473 e. The van der Waals surface area contributed by atoms with Gasteiger partial charge in [0, 0.05) is 43.1 Å². The molecule has 10 heteroatoms. The van der Waals surface area contributed by atoms with E-state index in [1.54, 1.807) is 24.3 Å². The topological polar surface area (TPSA) is 75.5 Å². The molecule has 1 aliphatic carbocycles. The van der Waals surface area contributed by atoms with Crippen molar-refractivity contribution in [2.75, 3.05) is 13.7 Å². The second-order valence-electron chi connectivity index (χ2n) is 12.0. The number of methoxy groups -OCH3 is 1. The zero-order valence-corrected chi connectivity index (χ0v) is 25.2. The number of carbonyl (C=O) groups is 1. The molecule has 0 spiro atoms. The van der Waals surface area contributed by atoms with Crippen LogP contribution in [0.5, 0.6) is 5.88 Å². The summed E-state index contributed by atoms with van der Waals surface area (Å²) in [5, 5.41) is 0. The molecule has 2 fully saturated rings. The Morgan fingerprint density at radius 1 is 1.02 bits per heavy atom. The number of halogens is 3. The van der Waals surface area contributed by atoms with Crippen molar-refractivity contribution in [2.24, 2.45) is 0 Å². The van der Waals surface area contributed by atoms with Crippen LogP contribution in [0.25, 0.3) is 22.3 Å². The molecule has 1 saturated heterocycles. The van der Waals surface area contributed by atoms with Crippen molar-refractivity contribution >= 4 is 17.0 Å². The summed E-state index contributed by atoms with van der Waals surface area (Å²) in [6, 6.07) is 23.5. The number of fused-ring (bicyclic) bond motifs is 1. The molecule has 0 bridgehead atoms. The largest absolute Gasteiger partial charge is 0.473 e. The molecule has 0 unspecified atom stereocenters.